The number of non-ortho nitro benzene ring substituents is 1. The van der Waals surface area contributed by atoms with Gasteiger partial charge in [-0.15, -0.1) is 5.10 Å². The molecule has 0 unspecified atom stereocenters. The number of hydrogen-bond acceptors (Lipinski definition) is 7. The fourth-order valence-electron chi connectivity index (χ4n) is 4.43. The van der Waals surface area contributed by atoms with Gasteiger partial charge in [-0.3, -0.25) is 10.1 Å². The van der Waals surface area contributed by atoms with E-state index in [4.69, 9.17) is 4.74 Å². The van der Waals surface area contributed by atoms with Crippen molar-refractivity contribution >= 4 is 39.5 Å². The summed E-state index contributed by atoms with van der Waals surface area (Å²) in [6.07, 6.45) is 5.63. The number of benzene rings is 2. The molecule has 1 saturated heterocycles. The van der Waals surface area contributed by atoms with E-state index in [0.29, 0.717) is 13.2 Å². The molecule has 9 heteroatoms. The van der Waals surface area contributed by atoms with Crippen LogP contribution in [0.1, 0.15) is 18.4 Å². The lowest BCUT2D eigenvalue weighted by Gasteiger charge is -2.31. The molecule has 3 aromatic rings. The molecule has 34 heavy (non-hydrogen) atoms. The van der Waals surface area contributed by atoms with E-state index in [-0.39, 0.29) is 10.6 Å². The van der Waals surface area contributed by atoms with Crippen molar-refractivity contribution in [1.82, 2.24) is 9.47 Å². The number of fused-ring (bicyclic) bond motifs is 1. The summed E-state index contributed by atoms with van der Waals surface area (Å²) in [7, 11) is 2.00. The Kier molecular flexibility index (Phi) is 6.37. The molecule has 2 aromatic carbocycles. The number of thiazole rings is 1. The molecule has 0 spiro atoms. The highest BCUT2D eigenvalue weighted by Gasteiger charge is 2.25. The van der Waals surface area contributed by atoms with Gasteiger partial charge in [0.25, 0.3) is 5.69 Å². The van der Waals surface area contributed by atoms with Crippen molar-refractivity contribution in [2.45, 2.75) is 12.8 Å². The van der Waals surface area contributed by atoms with Crippen molar-refractivity contribution in [3.8, 4) is 0 Å². The number of nitrogens with zero attached hydrogens (tertiary/aromatic N) is 5. The van der Waals surface area contributed by atoms with E-state index in [1.54, 1.807) is 23.5 Å². The van der Waals surface area contributed by atoms with Crippen LogP contribution in [0.4, 0.5) is 5.69 Å². The monoisotopic (exact) mass is 475 g/mol. The summed E-state index contributed by atoms with van der Waals surface area (Å²) in [6, 6.07) is 15.0. The highest BCUT2D eigenvalue weighted by molar-refractivity contribution is 7.16. The number of para-hydroxylation sites is 1. The number of rotatable bonds is 5. The zero-order valence-electron chi connectivity index (χ0n) is 18.9. The molecule has 174 valence electrons. The average Bonchev–Trinajstić information content (AvgIpc) is 3.40. The first-order valence-corrected chi connectivity index (χ1v) is 12.0. The van der Waals surface area contributed by atoms with E-state index >= 15 is 0 Å². The SMILES string of the molecule is Cn1/c(=N/N=C/C2=C(N3CCOCC3)C(=C/c3cccc([N+](=O)[O-])c3)/CC2)sc2ccccc21. The molecule has 2 heterocycles. The molecule has 1 aromatic heterocycles. The van der Waals surface area contributed by atoms with E-state index in [1.807, 2.05) is 31.5 Å². The molecule has 2 aliphatic rings. The van der Waals surface area contributed by atoms with Gasteiger partial charge in [-0.1, -0.05) is 35.6 Å². The van der Waals surface area contributed by atoms with Crippen molar-refractivity contribution in [3.63, 3.8) is 0 Å². The maximum Gasteiger partial charge on any atom is 0.270 e. The highest BCUT2D eigenvalue weighted by atomic mass is 32.1. The van der Waals surface area contributed by atoms with Gasteiger partial charge in [0, 0.05) is 38.0 Å². The number of aromatic nitrogens is 1. The van der Waals surface area contributed by atoms with Gasteiger partial charge in [0.15, 0.2) is 0 Å². The van der Waals surface area contributed by atoms with Crippen LogP contribution >= 0.6 is 11.3 Å². The molecule has 0 saturated carbocycles. The van der Waals surface area contributed by atoms with Gasteiger partial charge in [0.05, 0.1) is 34.6 Å². The van der Waals surface area contributed by atoms with E-state index < -0.39 is 0 Å². The molecule has 5 rings (SSSR count). The summed E-state index contributed by atoms with van der Waals surface area (Å²) in [5.74, 6) is 0. The van der Waals surface area contributed by atoms with Crippen LogP contribution in [0.3, 0.4) is 0 Å². The maximum absolute atomic E-state index is 11.2. The predicted octanol–water partition coefficient (Wildman–Crippen LogP) is 4.50. The van der Waals surface area contributed by atoms with Crippen molar-refractivity contribution in [1.29, 1.82) is 0 Å². The van der Waals surface area contributed by atoms with Crippen LogP contribution in [0, 0.1) is 10.1 Å². The first kappa shape index (κ1) is 22.2. The van der Waals surface area contributed by atoms with Gasteiger partial charge in [0.2, 0.25) is 4.80 Å². The molecule has 0 bridgehead atoms. The van der Waals surface area contributed by atoms with Crippen molar-refractivity contribution < 1.29 is 9.66 Å². The average molecular weight is 476 g/mol. The Morgan fingerprint density at radius 2 is 1.94 bits per heavy atom. The number of nitro groups is 1. The third kappa shape index (κ3) is 4.57. The summed E-state index contributed by atoms with van der Waals surface area (Å²) >= 11 is 1.61. The molecule has 0 radical (unpaired) electrons. The second kappa shape index (κ2) is 9.74. The van der Waals surface area contributed by atoms with Crippen LogP contribution in [0.2, 0.25) is 0 Å². The maximum atomic E-state index is 11.2. The molecule has 1 aliphatic heterocycles. The first-order valence-electron chi connectivity index (χ1n) is 11.2. The normalized spacial score (nSPS) is 18.7. The Balaban J connectivity index is 1.50. The van der Waals surface area contributed by atoms with Crippen LogP contribution in [0.5, 0.6) is 0 Å². The summed E-state index contributed by atoms with van der Waals surface area (Å²) < 4.78 is 8.79. The lowest BCUT2D eigenvalue weighted by molar-refractivity contribution is -0.384. The van der Waals surface area contributed by atoms with Gasteiger partial charge in [-0.05, 0) is 47.8 Å². The van der Waals surface area contributed by atoms with Gasteiger partial charge in [-0.2, -0.15) is 5.10 Å². The fourth-order valence-corrected chi connectivity index (χ4v) is 5.40. The topological polar surface area (TPSA) is 85.3 Å². The highest BCUT2D eigenvalue weighted by Crippen LogP contribution is 2.35. The standard InChI is InChI=1S/C25H25N5O3S/c1-28-22-7-2-3-8-23(22)34-25(28)27-26-17-20-10-9-19(24(20)29-11-13-33-14-12-29)15-18-5-4-6-21(16-18)30(31)32/h2-8,15-17H,9-14H2,1H3/b19-15+,26-17+,27-25-. The van der Waals surface area contributed by atoms with Crippen LogP contribution in [0.25, 0.3) is 16.3 Å². The predicted molar refractivity (Wildman–Crippen MR) is 135 cm³/mol. The number of ether oxygens (including phenoxy) is 1. The van der Waals surface area contributed by atoms with Crippen LogP contribution < -0.4 is 4.80 Å². The molecular formula is C25H25N5O3S. The first-order chi connectivity index (χ1) is 16.6. The quantitative estimate of drug-likeness (QED) is 0.309. The van der Waals surface area contributed by atoms with Crippen LogP contribution in [-0.4, -0.2) is 46.9 Å². The fraction of sp³-hybridized carbons (Fsp3) is 0.280. The van der Waals surface area contributed by atoms with E-state index in [2.05, 4.69) is 37.9 Å². The molecule has 0 N–H and O–H groups in total. The Bertz CT molecular complexity index is 1390. The number of aryl methyl sites for hydroxylation is 1. The third-order valence-corrected chi connectivity index (χ3v) is 7.20. The Morgan fingerprint density at radius 3 is 2.74 bits per heavy atom. The number of morpholine rings is 1. The zero-order chi connectivity index (χ0) is 23.5. The van der Waals surface area contributed by atoms with Crippen molar-refractivity contribution in [3.05, 3.63) is 85.9 Å². The number of allylic oxidation sites excluding steroid dienone is 2. The second-order valence-corrected chi connectivity index (χ2v) is 9.26. The largest absolute Gasteiger partial charge is 0.378 e. The van der Waals surface area contributed by atoms with Crippen LogP contribution in [-0.2, 0) is 11.8 Å². The minimum atomic E-state index is -0.358. The summed E-state index contributed by atoms with van der Waals surface area (Å²) in [4.78, 5) is 14.0. The van der Waals surface area contributed by atoms with Gasteiger partial charge in [0.1, 0.15) is 0 Å². The van der Waals surface area contributed by atoms with Gasteiger partial charge in [-0.25, -0.2) is 0 Å². The lowest BCUT2D eigenvalue weighted by Crippen LogP contribution is -2.36. The molecular weight excluding hydrogens is 450 g/mol. The van der Waals surface area contributed by atoms with E-state index in [1.165, 1.54) is 10.8 Å². The number of nitro benzene ring substituents is 1. The zero-order valence-corrected chi connectivity index (χ0v) is 19.7. The lowest BCUT2D eigenvalue weighted by atomic mass is 10.1. The molecule has 1 fully saturated rings. The smallest absolute Gasteiger partial charge is 0.270 e. The van der Waals surface area contributed by atoms with Gasteiger partial charge < -0.3 is 14.2 Å². The number of hydrogen-bond donors (Lipinski definition) is 0. The summed E-state index contributed by atoms with van der Waals surface area (Å²) in [5, 5.41) is 20.2. The molecule has 1 aliphatic carbocycles. The second-order valence-electron chi connectivity index (χ2n) is 8.25. The Morgan fingerprint density at radius 1 is 1.12 bits per heavy atom. The van der Waals surface area contributed by atoms with Crippen molar-refractivity contribution in [2.24, 2.45) is 17.3 Å². The third-order valence-electron chi connectivity index (χ3n) is 6.09. The summed E-state index contributed by atoms with van der Waals surface area (Å²) in [5.41, 5.74) is 5.51. The molecule has 8 nitrogen and oxygen atoms in total. The van der Waals surface area contributed by atoms with Crippen LogP contribution in [0.15, 0.2) is 75.6 Å². The van der Waals surface area contributed by atoms with Crippen molar-refractivity contribution in [2.75, 3.05) is 26.3 Å². The Hall–Kier alpha value is -3.56. The van der Waals surface area contributed by atoms with Gasteiger partial charge >= 0.3 is 0 Å². The minimum Gasteiger partial charge on any atom is -0.378 e. The van der Waals surface area contributed by atoms with E-state index in [9.17, 15) is 10.1 Å². The minimum absolute atomic E-state index is 0.0982. The molecule has 0 amide bonds. The Labute approximate surface area is 201 Å². The van der Waals surface area contributed by atoms with E-state index in [0.717, 1.165) is 58.7 Å². The molecule has 0 atom stereocenters. The summed E-state index contributed by atoms with van der Waals surface area (Å²) in [6.45, 7) is 2.97.